The molecule has 20 heavy (non-hydrogen) atoms. The van der Waals surface area contributed by atoms with Crippen molar-refractivity contribution in [1.29, 1.82) is 0 Å². The molecule has 0 spiro atoms. The number of aromatic nitrogens is 2. The van der Waals surface area contributed by atoms with Crippen molar-refractivity contribution in [2.24, 2.45) is 0 Å². The zero-order valence-corrected chi connectivity index (χ0v) is 11.4. The van der Waals surface area contributed by atoms with E-state index < -0.39 is 11.7 Å². The molecule has 0 aliphatic rings. The SMILES string of the molecule is CC(=O)Nc1nc(C)c(-c2cncc(C(F)(F)F)c2)s1. The van der Waals surface area contributed by atoms with Gasteiger partial charge in [0.25, 0.3) is 0 Å². The Bertz CT molecular complexity index is 652. The molecule has 1 amide bonds. The highest BCUT2D eigenvalue weighted by Gasteiger charge is 2.31. The molecule has 0 saturated carbocycles. The highest BCUT2D eigenvalue weighted by molar-refractivity contribution is 7.19. The van der Waals surface area contributed by atoms with Gasteiger partial charge >= 0.3 is 6.18 Å². The van der Waals surface area contributed by atoms with Crippen molar-refractivity contribution in [3.8, 4) is 10.4 Å². The number of rotatable bonds is 2. The smallest absolute Gasteiger partial charge is 0.302 e. The number of aryl methyl sites for hydroxylation is 1. The second kappa shape index (κ2) is 5.20. The van der Waals surface area contributed by atoms with Gasteiger partial charge in [-0.3, -0.25) is 9.78 Å². The van der Waals surface area contributed by atoms with Crippen molar-refractivity contribution in [3.63, 3.8) is 0 Å². The van der Waals surface area contributed by atoms with Crippen LogP contribution in [0.25, 0.3) is 10.4 Å². The van der Waals surface area contributed by atoms with Crippen LogP contribution in [0.3, 0.4) is 0 Å². The molecule has 106 valence electrons. The normalized spacial score (nSPS) is 11.4. The number of hydrogen-bond donors (Lipinski definition) is 1. The third-order valence-corrected chi connectivity index (χ3v) is 3.53. The number of pyridine rings is 1. The molecule has 2 aromatic heterocycles. The van der Waals surface area contributed by atoms with Crippen molar-refractivity contribution in [3.05, 3.63) is 29.7 Å². The summed E-state index contributed by atoms with van der Waals surface area (Å²) in [4.78, 5) is 19.2. The van der Waals surface area contributed by atoms with E-state index in [1.165, 1.54) is 13.1 Å². The zero-order valence-electron chi connectivity index (χ0n) is 10.6. The first kappa shape index (κ1) is 14.4. The van der Waals surface area contributed by atoms with Crippen molar-refractivity contribution in [1.82, 2.24) is 9.97 Å². The van der Waals surface area contributed by atoms with Gasteiger partial charge in [0.05, 0.1) is 16.1 Å². The van der Waals surface area contributed by atoms with Crippen molar-refractivity contribution in [2.45, 2.75) is 20.0 Å². The van der Waals surface area contributed by atoms with Crippen LogP contribution in [-0.2, 0) is 11.0 Å². The quantitative estimate of drug-likeness (QED) is 0.923. The fourth-order valence-corrected chi connectivity index (χ4v) is 2.58. The summed E-state index contributed by atoms with van der Waals surface area (Å²) in [6.07, 6.45) is -2.33. The summed E-state index contributed by atoms with van der Waals surface area (Å²) in [6.45, 7) is 3.00. The first-order chi connectivity index (χ1) is 9.27. The van der Waals surface area contributed by atoms with Crippen LogP contribution in [-0.4, -0.2) is 15.9 Å². The number of anilines is 1. The summed E-state index contributed by atoms with van der Waals surface area (Å²) in [5.74, 6) is -0.285. The molecule has 0 saturated heterocycles. The highest BCUT2D eigenvalue weighted by atomic mass is 32.1. The first-order valence-electron chi connectivity index (χ1n) is 5.55. The molecule has 0 aliphatic carbocycles. The van der Waals surface area contributed by atoms with Crippen LogP contribution >= 0.6 is 11.3 Å². The fourth-order valence-electron chi connectivity index (χ4n) is 1.59. The van der Waals surface area contributed by atoms with Crippen molar-refractivity contribution >= 4 is 22.4 Å². The minimum Gasteiger partial charge on any atom is -0.302 e. The van der Waals surface area contributed by atoms with Crippen molar-refractivity contribution < 1.29 is 18.0 Å². The molecule has 0 aromatic carbocycles. The van der Waals surface area contributed by atoms with Crippen LogP contribution in [0, 0.1) is 6.92 Å². The van der Waals surface area contributed by atoms with Crippen LogP contribution in [0.1, 0.15) is 18.2 Å². The average Bonchev–Trinajstić information content (AvgIpc) is 2.68. The number of amides is 1. The Hall–Kier alpha value is -1.96. The molecule has 4 nitrogen and oxygen atoms in total. The monoisotopic (exact) mass is 301 g/mol. The van der Waals surface area contributed by atoms with E-state index in [-0.39, 0.29) is 5.91 Å². The standard InChI is InChI=1S/C12H10F3N3OS/c1-6-10(20-11(17-6)18-7(2)19)8-3-9(5-16-4-8)12(13,14)15/h3-5H,1-2H3,(H,17,18,19). The van der Waals surface area contributed by atoms with Gasteiger partial charge in [-0.15, -0.1) is 0 Å². The van der Waals surface area contributed by atoms with Crippen LogP contribution < -0.4 is 5.32 Å². The van der Waals surface area contributed by atoms with Crippen molar-refractivity contribution in [2.75, 3.05) is 5.32 Å². The molecule has 1 N–H and O–H groups in total. The molecule has 2 aromatic rings. The topological polar surface area (TPSA) is 54.9 Å². The summed E-state index contributed by atoms with van der Waals surface area (Å²) in [7, 11) is 0. The van der Waals surface area contributed by atoms with Gasteiger partial charge in [-0.25, -0.2) is 4.98 Å². The number of halogens is 3. The predicted octanol–water partition coefficient (Wildman–Crippen LogP) is 3.49. The molecule has 8 heteroatoms. The lowest BCUT2D eigenvalue weighted by Crippen LogP contribution is -2.05. The maximum atomic E-state index is 12.7. The molecule has 2 heterocycles. The molecule has 0 unspecified atom stereocenters. The molecular weight excluding hydrogens is 291 g/mol. The van der Waals surface area contributed by atoms with Gasteiger partial charge in [0.15, 0.2) is 5.13 Å². The zero-order chi connectivity index (χ0) is 14.9. The van der Waals surface area contributed by atoms with E-state index in [2.05, 4.69) is 15.3 Å². The maximum absolute atomic E-state index is 12.7. The number of hydrogen-bond acceptors (Lipinski definition) is 4. The number of thiazole rings is 1. The Kier molecular flexibility index (Phi) is 3.76. The summed E-state index contributed by atoms with van der Waals surface area (Å²) < 4.78 is 38.0. The lowest BCUT2D eigenvalue weighted by Gasteiger charge is -2.07. The Morgan fingerprint density at radius 1 is 1.35 bits per heavy atom. The number of carbonyl (C=O) groups is 1. The van der Waals surface area contributed by atoms with E-state index in [1.807, 2.05) is 0 Å². The van der Waals surface area contributed by atoms with Crippen LogP contribution in [0.2, 0.25) is 0 Å². The molecule has 0 bridgehead atoms. The third-order valence-electron chi connectivity index (χ3n) is 2.41. The summed E-state index contributed by atoms with van der Waals surface area (Å²) in [5, 5.41) is 2.86. The fraction of sp³-hybridized carbons (Fsp3) is 0.250. The Balaban J connectivity index is 2.41. The van der Waals surface area contributed by atoms with E-state index in [0.29, 0.717) is 21.3 Å². The molecule has 0 atom stereocenters. The largest absolute Gasteiger partial charge is 0.417 e. The highest BCUT2D eigenvalue weighted by Crippen LogP contribution is 2.36. The maximum Gasteiger partial charge on any atom is 0.417 e. The summed E-state index contributed by atoms with van der Waals surface area (Å²) in [6, 6.07) is 1.02. The van der Waals surface area contributed by atoms with Gasteiger partial charge in [0.2, 0.25) is 5.91 Å². The van der Waals surface area contributed by atoms with E-state index >= 15 is 0 Å². The molecular formula is C12H10F3N3OS. The van der Waals surface area contributed by atoms with E-state index in [4.69, 9.17) is 0 Å². The second-order valence-corrected chi connectivity index (χ2v) is 5.07. The molecule has 0 fully saturated rings. The lowest BCUT2D eigenvalue weighted by molar-refractivity contribution is -0.137. The molecule has 2 rings (SSSR count). The number of alkyl halides is 3. The Morgan fingerprint density at radius 2 is 2.05 bits per heavy atom. The van der Waals surface area contributed by atoms with Crippen LogP contribution in [0.15, 0.2) is 18.5 Å². The Labute approximate surface area is 116 Å². The summed E-state index contributed by atoms with van der Waals surface area (Å²) >= 11 is 1.11. The average molecular weight is 301 g/mol. The van der Waals surface area contributed by atoms with Gasteiger partial charge in [0.1, 0.15) is 0 Å². The number of carbonyl (C=O) groups excluding carboxylic acids is 1. The van der Waals surface area contributed by atoms with Gasteiger partial charge in [-0.05, 0) is 13.0 Å². The lowest BCUT2D eigenvalue weighted by atomic mass is 10.1. The number of nitrogens with one attached hydrogen (secondary N) is 1. The van der Waals surface area contributed by atoms with Gasteiger partial charge in [0, 0.05) is 24.9 Å². The molecule has 0 aliphatic heterocycles. The first-order valence-corrected chi connectivity index (χ1v) is 6.36. The third kappa shape index (κ3) is 3.13. The van der Waals surface area contributed by atoms with E-state index in [0.717, 1.165) is 23.6 Å². The van der Waals surface area contributed by atoms with Crippen LogP contribution in [0.5, 0.6) is 0 Å². The van der Waals surface area contributed by atoms with Crippen LogP contribution in [0.4, 0.5) is 18.3 Å². The second-order valence-electron chi connectivity index (χ2n) is 4.07. The molecule has 0 radical (unpaired) electrons. The van der Waals surface area contributed by atoms with Gasteiger partial charge in [-0.1, -0.05) is 11.3 Å². The minimum absolute atomic E-state index is 0.285. The number of nitrogens with zero attached hydrogens (tertiary/aromatic N) is 2. The summed E-state index contributed by atoms with van der Waals surface area (Å²) in [5.41, 5.74) is 0.0511. The minimum atomic E-state index is -4.44. The van der Waals surface area contributed by atoms with E-state index in [9.17, 15) is 18.0 Å². The Morgan fingerprint density at radius 3 is 2.65 bits per heavy atom. The van der Waals surface area contributed by atoms with Gasteiger partial charge in [-0.2, -0.15) is 13.2 Å². The van der Waals surface area contributed by atoms with Gasteiger partial charge < -0.3 is 5.32 Å². The van der Waals surface area contributed by atoms with E-state index in [1.54, 1.807) is 6.92 Å². The predicted molar refractivity (Wildman–Crippen MR) is 69.4 cm³/mol.